The van der Waals surface area contributed by atoms with Crippen molar-refractivity contribution < 1.29 is 0 Å². The lowest BCUT2D eigenvalue weighted by atomic mass is 10.2. The molecule has 0 radical (unpaired) electrons. The van der Waals surface area contributed by atoms with Crippen LogP contribution in [0.5, 0.6) is 0 Å². The fraction of sp³-hybridized carbons (Fsp3) is 0.667. The molecule has 96 valence electrons. The second kappa shape index (κ2) is 6.39. The van der Waals surface area contributed by atoms with Gasteiger partial charge >= 0.3 is 0 Å². The van der Waals surface area contributed by atoms with Gasteiger partial charge in [-0.3, -0.25) is 0 Å². The smallest absolute Gasteiger partial charge is 0.137 e. The summed E-state index contributed by atoms with van der Waals surface area (Å²) in [6, 6.07) is 0. The highest BCUT2D eigenvalue weighted by molar-refractivity contribution is 5.55. The highest BCUT2D eigenvalue weighted by atomic mass is 15.2. The van der Waals surface area contributed by atoms with Crippen LogP contribution in [-0.4, -0.2) is 48.6 Å². The number of rotatable bonds is 6. The fourth-order valence-electron chi connectivity index (χ4n) is 1.69. The molecule has 0 spiro atoms. The second-order valence-corrected chi connectivity index (χ2v) is 4.50. The predicted molar refractivity (Wildman–Crippen MR) is 72.2 cm³/mol. The number of anilines is 2. The van der Waals surface area contributed by atoms with Crippen molar-refractivity contribution in [3.8, 4) is 0 Å². The predicted octanol–water partition coefficient (Wildman–Crippen LogP) is 1.15. The molecule has 17 heavy (non-hydrogen) atoms. The van der Waals surface area contributed by atoms with E-state index in [0.29, 0.717) is 5.82 Å². The van der Waals surface area contributed by atoms with Gasteiger partial charge in [0.25, 0.3) is 0 Å². The zero-order valence-electron chi connectivity index (χ0n) is 11.3. The summed E-state index contributed by atoms with van der Waals surface area (Å²) in [6.07, 6.45) is 2.63. The Morgan fingerprint density at radius 2 is 1.88 bits per heavy atom. The van der Waals surface area contributed by atoms with Crippen LogP contribution in [-0.2, 0) is 0 Å². The molecule has 1 aromatic rings. The maximum absolute atomic E-state index is 5.82. The Hall–Kier alpha value is -1.36. The molecule has 0 fully saturated rings. The Kier molecular flexibility index (Phi) is 5.15. The molecule has 0 bridgehead atoms. The summed E-state index contributed by atoms with van der Waals surface area (Å²) < 4.78 is 0. The minimum Gasteiger partial charge on any atom is -0.383 e. The standard InChI is InChI=1S/C12H23N5/c1-5-6-17(8-7-16(3)4)12-10(2)11(13)14-9-15-12/h9H,5-8H2,1-4H3,(H2,13,14,15). The van der Waals surface area contributed by atoms with Gasteiger partial charge in [-0.2, -0.15) is 0 Å². The Morgan fingerprint density at radius 1 is 1.18 bits per heavy atom. The number of aromatic nitrogens is 2. The van der Waals surface area contributed by atoms with E-state index in [2.05, 4.69) is 40.8 Å². The summed E-state index contributed by atoms with van der Waals surface area (Å²) in [7, 11) is 4.15. The Labute approximate surface area is 104 Å². The van der Waals surface area contributed by atoms with Gasteiger partial charge < -0.3 is 15.5 Å². The lowest BCUT2D eigenvalue weighted by molar-refractivity contribution is 0.412. The quantitative estimate of drug-likeness (QED) is 0.804. The monoisotopic (exact) mass is 237 g/mol. The molecule has 0 saturated carbocycles. The van der Waals surface area contributed by atoms with Gasteiger partial charge in [0.2, 0.25) is 0 Å². The Bertz CT molecular complexity index is 351. The van der Waals surface area contributed by atoms with Gasteiger partial charge in [-0.1, -0.05) is 6.92 Å². The first-order valence-electron chi connectivity index (χ1n) is 6.03. The van der Waals surface area contributed by atoms with Crippen molar-refractivity contribution in [3.05, 3.63) is 11.9 Å². The van der Waals surface area contributed by atoms with Crippen molar-refractivity contribution in [2.24, 2.45) is 0 Å². The molecule has 2 N–H and O–H groups in total. The lowest BCUT2D eigenvalue weighted by Gasteiger charge is -2.26. The number of nitrogen functional groups attached to an aromatic ring is 1. The summed E-state index contributed by atoms with van der Waals surface area (Å²) >= 11 is 0. The molecule has 1 aromatic heterocycles. The summed E-state index contributed by atoms with van der Waals surface area (Å²) in [5.74, 6) is 1.53. The summed E-state index contributed by atoms with van der Waals surface area (Å²) in [6.45, 7) is 7.10. The van der Waals surface area contributed by atoms with Crippen LogP contribution in [0.2, 0.25) is 0 Å². The van der Waals surface area contributed by atoms with Crippen molar-refractivity contribution in [2.45, 2.75) is 20.3 Å². The molecule has 0 aliphatic rings. The minimum atomic E-state index is 0.570. The van der Waals surface area contributed by atoms with Crippen LogP contribution in [0.15, 0.2) is 6.33 Å². The maximum atomic E-state index is 5.82. The van der Waals surface area contributed by atoms with E-state index in [1.54, 1.807) is 0 Å². The van der Waals surface area contributed by atoms with Crippen molar-refractivity contribution in [1.29, 1.82) is 0 Å². The van der Waals surface area contributed by atoms with Crippen molar-refractivity contribution in [3.63, 3.8) is 0 Å². The lowest BCUT2D eigenvalue weighted by Crippen LogP contribution is -2.33. The molecule has 0 atom stereocenters. The van der Waals surface area contributed by atoms with E-state index in [-0.39, 0.29) is 0 Å². The number of nitrogens with two attached hydrogens (primary N) is 1. The third kappa shape index (κ3) is 3.85. The molecule has 0 aromatic carbocycles. The SMILES string of the molecule is CCCN(CCN(C)C)c1ncnc(N)c1C. The first-order valence-corrected chi connectivity index (χ1v) is 6.03. The van der Waals surface area contributed by atoms with Crippen molar-refractivity contribution in [1.82, 2.24) is 14.9 Å². The average Bonchev–Trinajstić information content (AvgIpc) is 2.28. The first-order chi connectivity index (χ1) is 8.06. The molecule has 1 rings (SSSR count). The molecule has 0 unspecified atom stereocenters. The van der Waals surface area contributed by atoms with Gasteiger partial charge in [0.15, 0.2) is 0 Å². The van der Waals surface area contributed by atoms with E-state index >= 15 is 0 Å². The van der Waals surface area contributed by atoms with E-state index in [0.717, 1.165) is 37.4 Å². The highest BCUT2D eigenvalue weighted by Gasteiger charge is 2.12. The van der Waals surface area contributed by atoms with Crippen LogP contribution in [0.25, 0.3) is 0 Å². The normalized spacial score (nSPS) is 10.9. The third-order valence-electron chi connectivity index (χ3n) is 2.71. The largest absolute Gasteiger partial charge is 0.383 e. The summed E-state index contributed by atoms with van der Waals surface area (Å²) in [5, 5.41) is 0. The topological polar surface area (TPSA) is 58.3 Å². The number of hydrogen-bond acceptors (Lipinski definition) is 5. The van der Waals surface area contributed by atoms with Crippen LogP contribution >= 0.6 is 0 Å². The molecule has 0 amide bonds. The number of hydrogen-bond donors (Lipinski definition) is 1. The van der Waals surface area contributed by atoms with Gasteiger partial charge in [-0.05, 0) is 27.4 Å². The molecule has 5 nitrogen and oxygen atoms in total. The van der Waals surface area contributed by atoms with Gasteiger partial charge in [0.1, 0.15) is 18.0 Å². The van der Waals surface area contributed by atoms with Crippen LogP contribution in [0.3, 0.4) is 0 Å². The van der Waals surface area contributed by atoms with E-state index in [1.807, 2.05) is 6.92 Å². The van der Waals surface area contributed by atoms with Crippen molar-refractivity contribution >= 4 is 11.6 Å². The van der Waals surface area contributed by atoms with E-state index in [9.17, 15) is 0 Å². The van der Waals surface area contributed by atoms with Gasteiger partial charge in [0.05, 0.1) is 0 Å². The highest BCUT2D eigenvalue weighted by Crippen LogP contribution is 2.19. The molecule has 0 aliphatic carbocycles. The minimum absolute atomic E-state index is 0.570. The molecule has 0 saturated heterocycles. The Balaban J connectivity index is 2.85. The summed E-state index contributed by atoms with van der Waals surface area (Å²) in [4.78, 5) is 12.8. The fourth-order valence-corrected chi connectivity index (χ4v) is 1.69. The van der Waals surface area contributed by atoms with E-state index < -0.39 is 0 Å². The van der Waals surface area contributed by atoms with E-state index in [4.69, 9.17) is 5.73 Å². The van der Waals surface area contributed by atoms with Crippen LogP contribution in [0.4, 0.5) is 11.6 Å². The van der Waals surface area contributed by atoms with E-state index in [1.165, 1.54) is 6.33 Å². The van der Waals surface area contributed by atoms with Crippen LogP contribution in [0.1, 0.15) is 18.9 Å². The Morgan fingerprint density at radius 3 is 2.47 bits per heavy atom. The molecule has 5 heteroatoms. The van der Waals surface area contributed by atoms with Crippen LogP contribution in [0, 0.1) is 6.92 Å². The number of nitrogens with zero attached hydrogens (tertiary/aromatic N) is 4. The van der Waals surface area contributed by atoms with Crippen molar-refractivity contribution in [2.75, 3.05) is 44.4 Å². The van der Waals surface area contributed by atoms with Gasteiger partial charge in [-0.25, -0.2) is 9.97 Å². The molecule has 0 aliphatic heterocycles. The second-order valence-electron chi connectivity index (χ2n) is 4.50. The average molecular weight is 237 g/mol. The third-order valence-corrected chi connectivity index (χ3v) is 2.71. The molecular formula is C12H23N5. The molecule has 1 heterocycles. The van der Waals surface area contributed by atoms with Gasteiger partial charge in [-0.15, -0.1) is 0 Å². The first kappa shape index (κ1) is 13.7. The van der Waals surface area contributed by atoms with Crippen LogP contribution < -0.4 is 10.6 Å². The summed E-state index contributed by atoms with van der Waals surface area (Å²) in [5.41, 5.74) is 6.79. The zero-order valence-corrected chi connectivity index (χ0v) is 11.3. The zero-order chi connectivity index (χ0) is 12.8. The van der Waals surface area contributed by atoms with Gasteiger partial charge in [0, 0.05) is 25.2 Å². The molecular weight excluding hydrogens is 214 g/mol. The number of likely N-dealkylation sites (N-methyl/N-ethyl adjacent to an activating group) is 1. The maximum Gasteiger partial charge on any atom is 0.137 e.